The summed E-state index contributed by atoms with van der Waals surface area (Å²) < 4.78 is 9.12. The van der Waals surface area contributed by atoms with Gasteiger partial charge in [0.15, 0.2) is 8.24 Å². The summed E-state index contributed by atoms with van der Waals surface area (Å²) in [6, 6.07) is 4.30. The van der Waals surface area contributed by atoms with Gasteiger partial charge in [0.25, 0.3) is 0 Å². The van der Waals surface area contributed by atoms with E-state index in [9.17, 15) is 4.79 Å². The second kappa shape index (κ2) is 9.72. The standard InChI is InChI=1S/C26H42BrN3O2Si/c1-17(2)33(18(3)4,19(5)6)30-16-22(21-10-11-23(27)28-24(21)30)20-12-14-29(15-13-20)25(31)32-26(7,8)9/h10-11,16-20H,12-15H2,1-9H3. The minimum Gasteiger partial charge on any atom is -0.444 e. The molecule has 0 radical (unpaired) electrons. The highest BCUT2D eigenvalue weighted by atomic mass is 79.9. The maximum Gasteiger partial charge on any atom is 0.410 e. The zero-order valence-corrected chi connectivity index (χ0v) is 24.5. The van der Waals surface area contributed by atoms with E-state index in [-0.39, 0.29) is 6.09 Å². The average molecular weight is 537 g/mol. The Balaban J connectivity index is 2.01. The van der Waals surface area contributed by atoms with Gasteiger partial charge in [-0.1, -0.05) is 41.5 Å². The van der Waals surface area contributed by atoms with Gasteiger partial charge in [0.2, 0.25) is 0 Å². The van der Waals surface area contributed by atoms with Gasteiger partial charge in [0.1, 0.15) is 15.9 Å². The van der Waals surface area contributed by atoms with Crippen LogP contribution in [0.5, 0.6) is 0 Å². The first-order valence-corrected chi connectivity index (χ1v) is 15.4. The summed E-state index contributed by atoms with van der Waals surface area (Å²) in [6.07, 6.45) is 4.16. The lowest BCUT2D eigenvalue weighted by Crippen LogP contribution is -2.51. The van der Waals surface area contributed by atoms with Gasteiger partial charge in [-0.05, 0) is 89.8 Å². The molecule has 2 aromatic rings. The molecule has 184 valence electrons. The van der Waals surface area contributed by atoms with Crippen LogP contribution in [-0.2, 0) is 4.74 Å². The van der Waals surface area contributed by atoms with Crippen LogP contribution < -0.4 is 0 Å². The van der Waals surface area contributed by atoms with Crippen molar-refractivity contribution in [2.75, 3.05) is 13.1 Å². The molecule has 1 aliphatic heterocycles. The van der Waals surface area contributed by atoms with Crippen LogP contribution in [0.4, 0.5) is 4.79 Å². The van der Waals surface area contributed by atoms with E-state index in [1.807, 2.05) is 25.7 Å². The number of fused-ring (bicyclic) bond motifs is 1. The highest BCUT2D eigenvalue weighted by molar-refractivity contribution is 9.10. The zero-order valence-electron chi connectivity index (χ0n) is 21.9. The Bertz CT molecular complexity index is 964. The maximum atomic E-state index is 12.6. The lowest BCUT2D eigenvalue weighted by atomic mass is 9.90. The number of nitrogens with zero attached hydrogens (tertiary/aromatic N) is 3. The molecule has 0 spiro atoms. The van der Waals surface area contributed by atoms with Crippen molar-refractivity contribution in [3.8, 4) is 0 Å². The molecule has 1 aliphatic rings. The maximum absolute atomic E-state index is 12.6. The predicted octanol–water partition coefficient (Wildman–Crippen LogP) is 7.94. The van der Waals surface area contributed by atoms with Gasteiger partial charge < -0.3 is 13.9 Å². The topological polar surface area (TPSA) is 47.4 Å². The van der Waals surface area contributed by atoms with Crippen molar-refractivity contribution in [2.45, 2.75) is 103 Å². The Labute approximate surface area is 209 Å². The van der Waals surface area contributed by atoms with E-state index in [1.165, 1.54) is 10.9 Å². The van der Waals surface area contributed by atoms with Gasteiger partial charge >= 0.3 is 6.09 Å². The van der Waals surface area contributed by atoms with Crippen LogP contribution in [0.3, 0.4) is 0 Å². The second-order valence-corrected chi connectivity index (χ2v) is 18.1. The summed E-state index contributed by atoms with van der Waals surface area (Å²) in [4.78, 5) is 19.4. The summed E-state index contributed by atoms with van der Waals surface area (Å²) in [7, 11) is -1.94. The van der Waals surface area contributed by atoms with E-state index >= 15 is 0 Å². The molecule has 1 fully saturated rings. The molecule has 0 saturated carbocycles. The molecular formula is C26H42BrN3O2Si. The first kappa shape index (κ1) is 26.3. The van der Waals surface area contributed by atoms with Gasteiger partial charge in [-0.2, -0.15) is 0 Å². The van der Waals surface area contributed by atoms with Crippen molar-refractivity contribution in [1.82, 2.24) is 14.1 Å². The molecule has 2 aromatic heterocycles. The zero-order chi connectivity index (χ0) is 24.7. The number of carbonyl (C=O) groups is 1. The SMILES string of the molecule is CC(C)[Si](C(C)C)(C(C)C)n1cc(C2CCN(C(=O)OC(C)(C)C)CC2)c2ccc(Br)nc21. The van der Waals surface area contributed by atoms with Gasteiger partial charge in [0.05, 0.1) is 0 Å². The molecule has 33 heavy (non-hydrogen) atoms. The molecule has 1 amide bonds. The van der Waals surface area contributed by atoms with E-state index in [0.29, 0.717) is 22.5 Å². The van der Waals surface area contributed by atoms with Crippen LogP contribution in [-0.4, -0.2) is 47.1 Å². The molecule has 3 heterocycles. The largest absolute Gasteiger partial charge is 0.444 e. The number of rotatable bonds is 5. The van der Waals surface area contributed by atoms with E-state index < -0.39 is 13.8 Å². The Morgan fingerprint density at radius 3 is 2.09 bits per heavy atom. The number of hydrogen-bond acceptors (Lipinski definition) is 3. The molecule has 0 unspecified atom stereocenters. The second-order valence-electron chi connectivity index (χ2n) is 11.6. The van der Waals surface area contributed by atoms with Crippen LogP contribution in [0.15, 0.2) is 22.9 Å². The van der Waals surface area contributed by atoms with Gasteiger partial charge in [-0.25, -0.2) is 9.78 Å². The molecule has 7 heteroatoms. The number of piperidine rings is 1. The summed E-state index contributed by atoms with van der Waals surface area (Å²) in [5.41, 5.74) is 3.84. The minimum absolute atomic E-state index is 0.195. The van der Waals surface area contributed by atoms with Crippen molar-refractivity contribution in [1.29, 1.82) is 0 Å². The number of pyridine rings is 1. The van der Waals surface area contributed by atoms with Crippen molar-refractivity contribution >= 4 is 41.3 Å². The van der Waals surface area contributed by atoms with Crippen molar-refractivity contribution in [3.05, 3.63) is 28.5 Å². The third kappa shape index (κ3) is 5.04. The highest BCUT2D eigenvalue weighted by Gasteiger charge is 2.46. The highest BCUT2D eigenvalue weighted by Crippen LogP contribution is 2.46. The molecule has 0 N–H and O–H groups in total. The van der Waals surface area contributed by atoms with Crippen molar-refractivity contribution < 1.29 is 9.53 Å². The van der Waals surface area contributed by atoms with Gasteiger partial charge in [-0.15, -0.1) is 0 Å². The van der Waals surface area contributed by atoms with Crippen molar-refractivity contribution in [2.24, 2.45) is 0 Å². The summed E-state index contributed by atoms with van der Waals surface area (Å²) in [5.74, 6) is 0.425. The number of ether oxygens (including phenoxy) is 1. The Morgan fingerprint density at radius 1 is 1.06 bits per heavy atom. The van der Waals surface area contributed by atoms with Gasteiger partial charge in [-0.3, -0.25) is 0 Å². The molecule has 5 nitrogen and oxygen atoms in total. The first-order valence-electron chi connectivity index (χ1n) is 12.4. The number of halogens is 1. The Hall–Kier alpha value is -1.34. The van der Waals surface area contributed by atoms with Crippen LogP contribution in [0.2, 0.25) is 16.6 Å². The third-order valence-corrected chi connectivity index (χ3v) is 14.6. The summed E-state index contributed by atoms with van der Waals surface area (Å²) >= 11 is 3.63. The lowest BCUT2D eigenvalue weighted by molar-refractivity contribution is 0.0205. The predicted molar refractivity (Wildman–Crippen MR) is 144 cm³/mol. The molecule has 0 bridgehead atoms. The lowest BCUT2D eigenvalue weighted by Gasteiger charge is -2.44. The van der Waals surface area contributed by atoms with Crippen LogP contribution >= 0.6 is 15.9 Å². The van der Waals surface area contributed by atoms with E-state index in [1.54, 1.807) is 0 Å². The monoisotopic (exact) mass is 535 g/mol. The summed E-state index contributed by atoms with van der Waals surface area (Å²) in [6.45, 7) is 21.6. The van der Waals surface area contributed by atoms with Crippen LogP contribution in [0, 0.1) is 0 Å². The summed E-state index contributed by atoms with van der Waals surface area (Å²) in [5, 5.41) is 1.27. The third-order valence-electron chi connectivity index (χ3n) is 7.43. The normalized spacial score (nSPS) is 16.5. The van der Waals surface area contributed by atoms with E-state index in [4.69, 9.17) is 9.72 Å². The first-order chi connectivity index (χ1) is 15.3. The molecule has 3 rings (SSSR count). The quantitative estimate of drug-likeness (QED) is 0.288. The molecule has 1 saturated heterocycles. The number of carbonyl (C=O) groups excluding carboxylic acids is 1. The fraction of sp³-hybridized carbons (Fsp3) is 0.692. The smallest absolute Gasteiger partial charge is 0.410 e. The van der Waals surface area contributed by atoms with E-state index in [2.05, 4.69) is 80.0 Å². The number of aromatic nitrogens is 2. The molecule has 0 atom stereocenters. The minimum atomic E-state index is -1.94. The number of likely N-dealkylation sites (tertiary alicyclic amines) is 1. The number of amides is 1. The van der Waals surface area contributed by atoms with Crippen LogP contribution in [0.25, 0.3) is 11.0 Å². The fourth-order valence-electron chi connectivity index (χ4n) is 6.26. The van der Waals surface area contributed by atoms with Gasteiger partial charge in [0, 0.05) is 24.7 Å². The van der Waals surface area contributed by atoms with Crippen molar-refractivity contribution in [3.63, 3.8) is 0 Å². The fourth-order valence-corrected chi connectivity index (χ4v) is 13.1. The Morgan fingerprint density at radius 2 is 1.61 bits per heavy atom. The Kier molecular flexibility index (Phi) is 7.74. The number of hydrogen-bond donors (Lipinski definition) is 0. The molecule has 0 aromatic carbocycles. The molecule has 0 aliphatic carbocycles. The van der Waals surface area contributed by atoms with Crippen LogP contribution in [0.1, 0.15) is 86.6 Å². The van der Waals surface area contributed by atoms with E-state index in [0.717, 1.165) is 36.2 Å². The molecular weight excluding hydrogens is 494 g/mol. The average Bonchev–Trinajstić information content (AvgIpc) is 3.05.